The molecule has 0 fully saturated rings. The first-order valence-corrected chi connectivity index (χ1v) is 11.8. The molecule has 0 saturated heterocycles. The van der Waals surface area contributed by atoms with Crippen molar-refractivity contribution in [1.29, 1.82) is 0 Å². The molecule has 3 N–H and O–H groups in total. The molecule has 1 unspecified atom stereocenters. The van der Waals surface area contributed by atoms with Gasteiger partial charge in [0.15, 0.2) is 0 Å². The zero-order valence-electron chi connectivity index (χ0n) is 20.9. The van der Waals surface area contributed by atoms with E-state index in [1.54, 1.807) is 44.4 Å². The summed E-state index contributed by atoms with van der Waals surface area (Å²) in [6.45, 7) is 3.55. The average molecular weight is 500 g/mol. The van der Waals surface area contributed by atoms with E-state index in [-0.39, 0.29) is 23.5 Å². The van der Waals surface area contributed by atoms with Crippen LogP contribution < -0.4 is 5.32 Å². The van der Waals surface area contributed by atoms with Gasteiger partial charge in [0.05, 0.1) is 24.2 Å². The van der Waals surface area contributed by atoms with Gasteiger partial charge in [-0.3, -0.25) is 0 Å². The van der Waals surface area contributed by atoms with Crippen LogP contribution in [0.15, 0.2) is 89.5 Å². The molecule has 1 aliphatic heterocycles. The summed E-state index contributed by atoms with van der Waals surface area (Å²) in [7, 11) is 1.29. The maximum atomic E-state index is 13.2. The number of benzene rings is 2. The van der Waals surface area contributed by atoms with Crippen molar-refractivity contribution in [3.8, 4) is 5.75 Å². The Hall–Kier alpha value is -4.59. The molecule has 2 aromatic carbocycles. The molecule has 3 aromatic rings. The van der Waals surface area contributed by atoms with E-state index in [9.17, 15) is 14.7 Å². The Morgan fingerprint density at radius 3 is 2.43 bits per heavy atom. The van der Waals surface area contributed by atoms with Gasteiger partial charge in [0.1, 0.15) is 18.2 Å². The first-order chi connectivity index (χ1) is 17.9. The number of rotatable bonds is 8. The van der Waals surface area contributed by atoms with Crippen molar-refractivity contribution in [1.82, 2.24) is 15.3 Å². The molecule has 0 spiro atoms. The summed E-state index contributed by atoms with van der Waals surface area (Å²) in [6, 6.07) is 14.5. The van der Waals surface area contributed by atoms with Crippen LogP contribution in [-0.2, 0) is 25.5 Å². The number of esters is 2. The van der Waals surface area contributed by atoms with Crippen LogP contribution in [0, 0.1) is 0 Å². The van der Waals surface area contributed by atoms with E-state index in [2.05, 4.69) is 15.3 Å². The number of imidazole rings is 1. The molecule has 0 bridgehead atoms. The summed E-state index contributed by atoms with van der Waals surface area (Å²) >= 11 is 0. The Bertz CT molecular complexity index is 1370. The van der Waals surface area contributed by atoms with Gasteiger partial charge in [-0.25, -0.2) is 14.6 Å². The second-order valence-corrected chi connectivity index (χ2v) is 8.68. The van der Waals surface area contributed by atoms with Gasteiger partial charge < -0.3 is 24.9 Å². The second-order valence-electron chi connectivity index (χ2n) is 8.68. The fraction of sp³-hybridized carbons (Fsp3) is 0.207. The maximum Gasteiger partial charge on any atom is 0.337 e. The number of ether oxygens (including phenoxy) is 2. The minimum absolute atomic E-state index is 0.0291. The van der Waals surface area contributed by atoms with Crippen molar-refractivity contribution in [2.24, 2.45) is 0 Å². The predicted octanol–water partition coefficient (Wildman–Crippen LogP) is 4.37. The van der Waals surface area contributed by atoms with Crippen LogP contribution in [0.4, 0.5) is 0 Å². The summed E-state index contributed by atoms with van der Waals surface area (Å²) in [6.07, 6.45) is 7.89. The minimum atomic E-state index is -0.751. The molecule has 4 rings (SSSR count). The lowest BCUT2D eigenvalue weighted by Gasteiger charge is -2.30. The van der Waals surface area contributed by atoms with Gasteiger partial charge in [-0.1, -0.05) is 42.5 Å². The zero-order valence-corrected chi connectivity index (χ0v) is 20.9. The highest BCUT2D eigenvalue weighted by Gasteiger charge is 2.37. The van der Waals surface area contributed by atoms with Gasteiger partial charge in [0.25, 0.3) is 0 Å². The number of aromatic amines is 1. The number of hydrogen-bond donors (Lipinski definition) is 3. The maximum absolute atomic E-state index is 13.2. The topological polar surface area (TPSA) is 114 Å². The average Bonchev–Trinajstić information content (AvgIpc) is 3.39. The first kappa shape index (κ1) is 25.5. The van der Waals surface area contributed by atoms with Gasteiger partial charge >= 0.3 is 11.9 Å². The summed E-state index contributed by atoms with van der Waals surface area (Å²) in [4.78, 5) is 33.3. The molecule has 1 aliphatic rings. The van der Waals surface area contributed by atoms with Crippen molar-refractivity contribution < 1.29 is 24.2 Å². The number of allylic oxidation sites excluding steroid dienone is 2. The number of carbonyl (C=O) groups excluding carboxylic acids is 2. The standard InChI is InChI=1S/C29H29N3O5/c1-18-25(28(34)36-3)27(22-7-4-8-23(33)17-22)26(19(2)32-18)29(35)37-15-5-6-20-9-11-21(12-10-20)16-24-30-13-14-31-24/h4-14,17,27,32-33H,15-16H2,1-3H3,(H,30,31). The number of dihydropyridines is 1. The molecule has 1 atom stereocenters. The Kier molecular flexibility index (Phi) is 7.88. The van der Waals surface area contributed by atoms with Crippen LogP contribution in [0.1, 0.15) is 42.3 Å². The molecule has 37 heavy (non-hydrogen) atoms. The highest BCUT2D eigenvalue weighted by atomic mass is 16.5. The number of H-pyrrole nitrogens is 1. The van der Waals surface area contributed by atoms with Gasteiger partial charge in [0, 0.05) is 30.2 Å². The van der Waals surface area contributed by atoms with E-state index in [4.69, 9.17) is 9.47 Å². The SMILES string of the molecule is COC(=O)C1=C(C)NC(C)=C(C(=O)OCC=Cc2ccc(Cc3ncc[nH]3)cc2)C1c1cccc(O)c1. The fourth-order valence-electron chi connectivity index (χ4n) is 4.40. The molecule has 0 amide bonds. The lowest BCUT2D eigenvalue weighted by atomic mass is 9.80. The monoisotopic (exact) mass is 499 g/mol. The van der Waals surface area contributed by atoms with Crippen LogP contribution in [0.3, 0.4) is 0 Å². The second kappa shape index (κ2) is 11.4. The third kappa shape index (κ3) is 5.98. The van der Waals surface area contributed by atoms with Crippen LogP contribution >= 0.6 is 0 Å². The zero-order chi connectivity index (χ0) is 26.4. The number of methoxy groups -OCH3 is 1. The Morgan fingerprint density at radius 2 is 1.78 bits per heavy atom. The summed E-state index contributed by atoms with van der Waals surface area (Å²) < 4.78 is 10.6. The van der Waals surface area contributed by atoms with E-state index in [1.165, 1.54) is 19.2 Å². The smallest absolute Gasteiger partial charge is 0.337 e. The molecular formula is C29H29N3O5. The molecular weight excluding hydrogens is 470 g/mol. The third-order valence-corrected chi connectivity index (χ3v) is 6.12. The summed E-state index contributed by atoms with van der Waals surface area (Å²) in [5.41, 5.74) is 4.40. The molecule has 2 heterocycles. The predicted molar refractivity (Wildman–Crippen MR) is 139 cm³/mol. The van der Waals surface area contributed by atoms with E-state index in [1.807, 2.05) is 30.3 Å². The number of carbonyl (C=O) groups is 2. The Morgan fingerprint density at radius 1 is 1.05 bits per heavy atom. The van der Waals surface area contributed by atoms with Crippen molar-refractivity contribution in [2.75, 3.05) is 13.7 Å². The van der Waals surface area contributed by atoms with E-state index in [0.717, 1.165) is 23.4 Å². The number of phenols is 1. The molecule has 0 aliphatic carbocycles. The molecule has 190 valence electrons. The highest BCUT2D eigenvalue weighted by Crippen LogP contribution is 2.40. The van der Waals surface area contributed by atoms with Gasteiger partial charge in [-0.05, 0) is 48.7 Å². The van der Waals surface area contributed by atoms with Gasteiger partial charge in [0.2, 0.25) is 0 Å². The summed E-state index contributed by atoms with van der Waals surface area (Å²) in [5.74, 6) is -0.945. The molecule has 0 saturated carbocycles. The van der Waals surface area contributed by atoms with Crippen LogP contribution in [0.25, 0.3) is 6.08 Å². The van der Waals surface area contributed by atoms with Gasteiger partial charge in [-0.2, -0.15) is 0 Å². The number of aromatic hydroxyl groups is 1. The largest absolute Gasteiger partial charge is 0.508 e. The van der Waals surface area contributed by atoms with Crippen molar-refractivity contribution in [3.05, 3.63) is 112 Å². The lowest BCUT2D eigenvalue weighted by Crippen LogP contribution is -2.32. The Labute approximate surface area is 215 Å². The number of nitrogens with zero attached hydrogens (tertiary/aromatic N) is 1. The molecule has 8 heteroatoms. The number of nitrogens with one attached hydrogen (secondary N) is 2. The van der Waals surface area contributed by atoms with Crippen LogP contribution in [0.2, 0.25) is 0 Å². The third-order valence-electron chi connectivity index (χ3n) is 6.12. The quantitative estimate of drug-likeness (QED) is 0.395. The first-order valence-electron chi connectivity index (χ1n) is 11.8. The normalized spacial score (nSPS) is 15.6. The van der Waals surface area contributed by atoms with E-state index in [0.29, 0.717) is 17.0 Å². The van der Waals surface area contributed by atoms with E-state index >= 15 is 0 Å². The van der Waals surface area contributed by atoms with Crippen molar-refractivity contribution >= 4 is 18.0 Å². The van der Waals surface area contributed by atoms with Crippen LogP contribution in [0.5, 0.6) is 5.75 Å². The number of phenolic OH excluding ortho intramolecular Hbond substituents is 1. The molecule has 8 nitrogen and oxygen atoms in total. The van der Waals surface area contributed by atoms with Crippen molar-refractivity contribution in [2.45, 2.75) is 26.2 Å². The fourth-order valence-corrected chi connectivity index (χ4v) is 4.40. The Balaban J connectivity index is 1.47. The number of aromatic nitrogens is 2. The minimum Gasteiger partial charge on any atom is -0.508 e. The van der Waals surface area contributed by atoms with Gasteiger partial charge in [-0.15, -0.1) is 0 Å². The number of hydrogen-bond acceptors (Lipinski definition) is 7. The summed E-state index contributed by atoms with van der Waals surface area (Å²) in [5, 5.41) is 13.1. The van der Waals surface area contributed by atoms with E-state index < -0.39 is 17.9 Å². The highest BCUT2D eigenvalue weighted by molar-refractivity contribution is 5.99. The lowest BCUT2D eigenvalue weighted by molar-refractivity contribution is -0.138. The van der Waals surface area contributed by atoms with Crippen molar-refractivity contribution in [3.63, 3.8) is 0 Å². The molecule has 0 radical (unpaired) electrons. The van der Waals surface area contributed by atoms with Crippen LogP contribution in [-0.4, -0.2) is 40.7 Å². The molecule has 1 aromatic heterocycles.